The van der Waals surface area contributed by atoms with Crippen LogP contribution in [0, 0.1) is 11.5 Å². The van der Waals surface area contributed by atoms with Gasteiger partial charge >= 0.3 is 6.09 Å². The van der Waals surface area contributed by atoms with Crippen molar-refractivity contribution in [2.45, 2.75) is 67.9 Å². The summed E-state index contributed by atoms with van der Waals surface area (Å²) in [6, 6.07) is 2.71. The van der Waals surface area contributed by atoms with Gasteiger partial charge < -0.3 is 4.74 Å². The van der Waals surface area contributed by atoms with Gasteiger partial charge in [0, 0.05) is 17.6 Å². The minimum atomic E-state index is -3.99. The van der Waals surface area contributed by atoms with Crippen LogP contribution in [0.25, 0.3) is 0 Å². The maximum Gasteiger partial charge on any atom is 0.411 e. The third-order valence-corrected chi connectivity index (χ3v) is 7.92. The lowest BCUT2D eigenvalue weighted by molar-refractivity contribution is -0.133. The Kier molecular flexibility index (Phi) is 6.47. The Morgan fingerprint density at radius 3 is 2.42 bits per heavy atom. The van der Waals surface area contributed by atoms with E-state index in [1.165, 1.54) is 18.2 Å². The van der Waals surface area contributed by atoms with Gasteiger partial charge in [-0.3, -0.25) is 9.69 Å². The van der Waals surface area contributed by atoms with Crippen molar-refractivity contribution in [1.82, 2.24) is 9.80 Å². The van der Waals surface area contributed by atoms with Crippen molar-refractivity contribution in [3.63, 3.8) is 0 Å². The summed E-state index contributed by atoms with van der Waals surface area (Å²) in [5.41, 5.74) is -0.841. The number of halogens is 2. The van der Waals surface area contributed by atoms with Crippen molar-refractivity contribution in [2.75, 3.05) is 6.54 Å². The van der Waals surface area contributed by atoms with Crippen LogP contribution in [-0.4, -0.2) is 59.7 Å². The molecule has 2 aliphatic rings. The summed E-state index contributed by atoms with van der Waals surface area (Å²) in [4.78, 5) is 27.9. The lowest BCUT2D eigenvalue weighted by Gasteiger charge is -2.29. The number of amides is 2. The zero-order valence-electron chi connectivity index (χ0n) is 17.3. The van der Waals surface area contributed by atoms with Crippen LogP contribution in [-0.2, 0) is 19.4 Å². The first kappa shape index (κ1) is 23.6. The van der Waals surface area contributed by atoms with E-state index in [2.05, 4.69) is 0 Å². The van der Waals surface area contributed by atoms with E-state index in [0.29, 0.717) is 12.8 Å². The molecule has 168 valence electrons. The molecule has 31 heavy (non-hydrogen) atoms. The number of rotatable bonds is 4. The number of nitriles is 1. The van der Waals surface area contributed by atoms with Gasteiger partial charge in [-0.25, -0.2) is 18.1 Å². The van der Waals surface area contributed by atoms with E-state index in [-0.39, 0.29) is 33.9 Å². The van der Waals surface area contributed by atoms with E-state index in [4.69, 9.17) is 27.9 Å². The van der Waals surface area contributed by atoms with Gasteiger partial charge in [0.2, 0.25) is 0 Å². The van der Waals surface area contributed by atoms with Gasteiger partial charge in [-0.2, -0.15) is 5.26 Å². The average Bonchev–Trinajstić information content (AvgIpc) is 3.36. The van der Waals surface area contributed by atoms with Crippen LogP contribution in [0.5, 0.6) is 0 Å². The molecule has 0 unspecified atom stereocenters. The molecule has 0 bridgehead atoms. The number of carbonyl (C=O) groups is 2. The normalized spacial score (nSPS) is 21.5. The molecule has 0 N–H and O–H groups in total. The highest BCUT2D eigenvalue weighted by molar-refractivity contribution is 7.92. The van der Waals surface area contributed by atoms with Crippen molar-refractivity contribution in [2.24, 2.45) is 0 Å². The van der Waals surface area contributed by atoms with Crippen LogP contribution in [0.15, 0.2) is 23.1 Å². The quantitative estimate of drug-likeness (QED) is 0.473. The first-order valence-electron chi connectivity index (χ1n) is 9.76. The highest BCUT2D eigenvalue weighted by Gasteiger charge is 2.49. The molecule has 1 heterocycles. The van der Waals surface area contributed by atoms with Gasteiger partial charge in [-0.15, -0.1) is 0 Å². The number of nitrogens with zero attached hydrogens (tertiary/aromatic N) is 3. The molecule has 8 nitrogen and oxygen atoms in total. The fourth-order valence-electron chi connectivity index (χ4n) is 3.47. The van der Waals surface area contributed by atoms with Crippen LogP contribution in [0.3, 0.4) is 0 Å². The molecule has 2 amide bonds. The zero-order chi connectivity index (χ0) is 23.1. The van der Waals surface area contributed by atoms with Gasteiger partial charge in [0.15, 0.2) is 16.0 Å². The van der Waals surface area contributed by atoms with Gasteiger partial charge in [0.05, 0.1) is 15.2 Å². The van der Waals surface area contributed by atoms with Crippen LogP contribution >= 0.6 is 23.2 Å². The fraction of sp³-hybridized carbons (Fsp3) is 0.550. The maximum absolute atomic E-state index is 13.3. The standard InChI is InChI=1S/C20H23Cl2N3O5S/c1-20(2,3)30-19(27)24-10-14(9-16(24)18(26)25(11-23)13-5-6-13)31(28,29)17-7-4-12(21)8-15(17)22/h4,7-8,13-14,16H,5-6,9-10H2,1-3H3/t14-,16+/m1/s1. The zero-order valence-corrected chi connectivity index (χ0v) is 19.7. The molecule has 1 saturated heterocycles. The molecule has 11 heteroatoms. The van der Waals surface area contributed by atoms with E-state index >= 15 is 0 Å². The van der Waals surface area contributed by atoms with Crippen molar-refractivity contribution in [1.29, 1.82) is 5.26 Å². The molecule has 1 aromatic carbocycles. The number of ether oxygens (including phenoxy) is 1. The average molecular weight is 488 g/mol. The van der Waals surface area contributed by atoms with E-state index in [0.717, 1.165) is 9.80 Å². The summed E-state index contributed by atoms with van der Waals surface area (Å²) in [6.07, 6.45) is 2.29. The van der Waals surface area contributed by atoms with Gasteiger partial charge in [0.25, 0.3) is 5.91 Å². The molecule has 1 aliphatic carbocycles. The first-order chi connectivity index (χ1) is 14.3. The topological polar surface area (TPSA) is 108 Å². The van der Waals surface area contributed by atoms with Crippen molar-refractivity contribution in [3.8, 4) is 6.19 Å². The molecular weight excluding hydrogens is 465 g/mol. The SMILES string of the molecule is CC(C)(C)OC(=O)N1C[C@H](S(=O)(=O)c2ccc(Cl)cc2Cl)C[C@H]1C(=O)N(C#N)C1CC1. The Bertz CT molecular complexity index is 1040. The number of likely N-dealkylation sites (tertiary alicyclic amines) is 1. The second-order valence-electron chi connectivity index (χ2n) is 8.67. The Balaban J connectivity index is 1.94. The van der Waals surface area contributed by atoms with Crippen LogP contribution in [0.1, 0.15) is 40.0 Å². The molecule has 1 saturated carbocycles. The summed E-state index contributed by atoms with van der Waals surface area (Å²) < 4.78 is 31.9. The lowest BCUT2D eigenvalue weighted by atomic mass is 10.2. The first-order valence-corrected chi connectivity index (χ1v) is 12.1. The number of hydrogen-bond donors (Lipinski definition) is 0. The number of sulfone groups is 1. The Hall–Kier alpha value is -2.02. The van der Waals surface area contributed by atoms with Crippen LogP contribution in [0.4, 0.5) is 4.79 Å². The monoisotopic (exact) mass is 487 g/mol. The van der Waals surface area contributed by atoms with Gasteiger partial charge in [-0.1, -0.05) is 23.2 Å². The van der Waals surface area contributed by atoms with Crippen LogP contribution < -0.4 is 0 Å². The Morgan fingerprint density at radius 1 is 1.26 bits per heavy atom. The largest absolute Gasteiger partial charge is 0.444 e. The van der Waals surface area contributed by atoms with Gasteiger partial charge in [0.1, 0.15) is 11.6 Å². The molecular formula is C20H23Cl2N3O5S. The second kappa shape index (κ2) is 8.49. The van der Waals surface area contributed by atoms with Crippen LogP contribution in [0.2, 0.25) is 10.0 Å². The third-order valence-electron chi connectivity index (χ3n) is 5.07. The van der Waals surface area contributed by atoms with E-state index in [1.54, 1.807) is 20.8 Å². The molecule has 0 spiro atoms. The summed E-state index contributed by atoms with van der Waals surface area (Å²) in [5, 5.41) is 8.57. The molecule has 2 fully saturated rings. The molecule has 0 aromatic heterocycles. The predicted molar refractivity (Wildman–Crippen MR) is 114 cm³/mol. The molecule has 0 radical (unpaired) electrons. The van der Waals surface area contributed by atoms with Gasteiger partial charge in [-0.05, 0) is 58.2 Å². The molecule has 3 rings (SSSR count). The highest BCUT2D eigenvalue weighted by Crippen LogP contribution is 2.35. The Morgan fingerprint density at radius 2 is 1.90 bits per heavy atom. The summed E-state index contributed by atoms with van der Waals surface area (Å²) in [5.74, 6) is -0.601. The minimum absolute atomic E-state index is 0.0391. The van der Waals surface area contributed by atoms with E-state index < -0.39 is 38.7 Å². The number of hydrogen-bond acceptors (Lipinski definition) is 6. The predicted octanol–water partition coefficient (Wildman–Crippen LogP) is 3.62. The number of benzene rings is 1. The Labute approximate surface area is 191 Å². The molecule has 1 aliphatic heterocycles. The molecule has 2 atom stereocenters. The maximum atomic E-state index is 13.3. The number of carbonyl (C=O) groups excluding carboxylic acids is 2. The summed E-state index contributed by atoms with van der Waals surface area (Å²) in [6.45, 7) is 4.76. The lowest BCUT2D eigenvalue weighted by Crippen LogP contribution is -2.48. The molecule has 1 aromatic rings. The smallest absolute Gasteiger partial charge is 0.411 e. The second-order valence-corrected chi connectivity index (χ2v) is 11.7. The van der Waals surface area contributed by atoms with Crippen molar-refractivity contribution < 1.29 is 22.7 Å². The minimum Gasteiger partial charge on any atom is -0.444 e. The van der Waals surface area contributed by atoms with E-state index in [9.17, 15) is 23.3 Å². The summed E-state index contributed by atoms with van der Waals surface area (Å²) in [7, 11) is -3.99. The summed E-state index contributed by atoms with van der Waals surface area (Å²) >= 11 is 12.0. The third kappa shape index (κ3) is 5.08. The highest BCUT2D eigenvalue weighted by atomic mass is 35.5. The van der Waals surface area contributed by atoms with E-state index in [1.807, 2.05) is 6.19 Å². The fourth-order valence-corrected chi connectivity index (χ4v) is 5.94. The van der Waals surface area contributed by atoms with Crippen molar-refractivity contribution in [3.05, 3.63) is 28.2 Å². The van der Waals surface area contributed by atoms with Crippen molar-refractivity contribution >= 4 is 45.0 Å².